The number of aromatic nitrogens is 2. The van der Waals surface area contributed by atoms with Crippen molar-refractivity contribution in [3.63, 3.8) is 0 Å². The Morgan fingerprint density at radius 1 is 1.12 bits per heavy atom. The largest absolute Gasteiger partial charge is 0.337 e. The van der Waals surface area contributed by atoms with Crippen molar-refractivity contribution in [2.24, 2.45) is 0 Å². The smallest absolute Gasteiger partial charge is 0.317 e. The third-order valence-electron chi connectivity index (χ3n) is 4.69. The second-order valence-electron chi connectivity index (χ2n) is 7.05. The first kappa shape index (κ1) is 18.5. The number of carbonyl (C=O) groups is 1. The molecule has 138 valence electrons. The Kier molecular flexibility index (Phi) is 5.61. The SMILES string of the molecule is CC(C)(CNC(=O)N1CCN(c2ncccn2)CC1)c1ccccc1Cl. The summed E-state index contributed by atoms with van der Waals surface area (Å²) in [4.78, 5) is 25.0. The molecule has 1 fully saturated rings. The van der Waals surface area contributed by atoms with Crippen molar-refractivity contribution in [2.45, 2.75) is 19.3 Å². The van der Waals surface area contributed by atoms with Crippen molar-refractivity contribution < 1.29 is 4.79 Å². The van der Waals surface area contributed by atoms with Gasteiger partial charge in [-0.3, -0.25) is 0 Å². The lowest BCUT2D eigenvalue weighted by Gasteiger charge is -2.35. The molecule has 2 amide bonds. The van der Waals surface area contributed by atoms with E-state index in [1.54, 1.807) is 18.5 Å². The molecule has 0 radical (unpaired) electrons. The maximum atomic E-state index is 12.5. The van der Waals surface area contributed by atoms with Gasteiger partial charge in [0.05, 0.1) is 0 Å². The predicted octanol–water partition coefficient (Wildman–Crippen LogP) is 2.94. The van der Waals surface area contributed by atoms with E-state index in [0.29, 0.717) is 25.6 Å². The van der Waals surface area contributed by atoms with E-state index >= 15 is 0 Å². The van der Waals surface area contributed by atoms with E-state index in [2.05, 4.69) is 34.0 Å². The van der Waals surface area contributed by atoms with Crippen LogP contribution in [0.4, 0.5) is 10.7 Å². The standard InChI is InChI=1S/C19H24ClN5O/c1-19(2,15-6-3-4-7-16(15)20)14-23-18(26)25-12-10-24(11-13-25)17-21-8-5-9-22-17/h3-9H,10-14H2,1-2H3,(H,23,26). The van der Waals surface area contributed by atoms with Crippen molar-refractivity contribution in [3.8, 4) is 0 Å². The third kappa shape index (κ3) is 4.25. The van der Waals surface area contributed by atoms with E-state index in [-0.39, 0.29) is 11.4 Å². The van der Waals surface area contributed by atoms with Crippen LogP contribution < -0.4 is 10.2 Å². The number of hydrogen-bond donors (Lipinski definition) is 1. The minimum Gasteiger partial charge on any atom is -0.337 e. The number of hydrogen-bond acceptors (Lipinski definition) is 4. The molecular formula is C19H24ClN5O. The highest BCUT2D eigenvalue weighted by Gasteiger charge is 2.26. The molecule has 1 aromatic heterocycles. The van der Waals surface area contributed by atoms with E-state index < -0.39 is 0 Å². The van der Waals surface area contributed by atoms with Gasteiger partial charge in [0.2, 0.25) is 5.95 Å². The average molecular weight is 374 g/mol. The first-order chi connectivity index (χ1) is 12.5. The number of halogens is 1. The molecule has 1 aliphatic heterocycles. The van der Waals surface area contributed by atoms with E-state index in [4.69, 9.17) is 11.6 Å². The van der Waals surface area contributed by atoms with Crippen molar-refractivity contribution in [3.05, 3.63) is 53.3 Å². The van der Waals surface area contributed by atoms with Crippen molar-refractivity contribution in [2.75, 3.05) is 37.6 Å². The van der Waals surface area contributed by atoms with Crippen molar-refractivity contribution in [1.29, 1.82) is 0 Å². The Balaban J connectivity index is 1.52. The van der Waals surface area contributed by atoms with Gasteiger partial charge in [-0.2, -0.15) is 0 Å². The van der Waals surface area contributed by atoms with Gasteiger partial charge < -0.3 is 15.1 Å². The van der Waals surface area contributed by atoms with Crippen LogP contribution >= 0.6 is 11.6 Å². The van der Waals surface area contributed by atoms with Crippen LogP contribution in [0.1, 0.15) is 19.4 Å². The van der Waals surface area contributed by atoms with Gasteiger partial charge in [0, 0.05) is 55.6 Å². The summed E-state index contributed by atoms with van der Waals surface area (Å²) in [5.41, 5.74) is 0.793. The van der Waals surface area contributed by atoms with E-state index in [9.17, 15) is 4.79 Å². The summed E-state index contributed by atoms with van der Waals surface area (Å²) in [6, 6.07) is 9.53. The van der Waals surface area contributed by atoms with Crippen LogP contribution in [-0.2, 0) is 5.41 Å². The van der Waals surface area contributed by atoms with Gasteiger partial charge in [-0.1, -0.05) is 43.6 Å². The second-order valence-corrected chi connectivity index (χ2v) is 7.45. The third-order valence-corrected chi connectivity index (χ3v) is 5.02. The predicted molar refractivity (Wildman–Crippen MR) is 104 cm³/mol. The van der Waals surface area contributed by atoms with Crippen LogP contribution in [0.3, 0.4) is 0 Å². The number of urea groups is 1. The summed E-state index contributed by atoms with van der Waals surface area (Å²) < 4.78 is 0. The van der Waals surface area contributed by atoms with Crippen molar-refractivity contribution >= 4 is 23.6 Å². The van der Waals surface area contributed by atoms with E-state index in [1.165, 1.54) is 0 Å². The minimum absolute atomic E-state index is 0.0428. The zero-order valence-corrected chi connectivity index (χ0v) is 15.9. The highest BCUT2D eigenvalue weighted by atomic mass is 35.5. The quantitative estimate of drug-likeness (QED) is 0.895. The normalized spacial score (nSPS) is 15.0. The molecule has 0 spiro atoms. The topological polar surface area (TPSA) is 61.4 Å². The molecule has 2 heterocycles. The Morgan fingerprint density at radius 2 is 1.77 bits per heavy atom. The van der Waals surface area contributed by atoms with Crippen LogP contribution in [0.15, 0.2) is 42.7 Å². The average Bonchev–Trinajstić information content (AvgIpc) is 2.67. The minimum atomic E-state index is -0.242. The summed E-state index contributed by atoms with van der Waals surface area (Å²) in [6.45, 7) is 7.44. The number of piperazine rings is 1. The molecule has 0 saturated carbocycles. The lowest BCUT2D eigenvalue weighted by molar-refractivity contribution is 0.192. The van der Waals surface area contributed by atoms with Gasteiger partial charge in [0.25, 0.3) is 0 Å². The zero-order valence-electron chi connectivity index (χ0n) is 15.2. The number of carbonyl (C=O) groups excluding carboxylic acids is 1. The van der Waals surface area contributed by atoms with Crippen LogP contribution in [0.25, 0.3) is 0 Å². The molecular weight excluding hydrogens is 350 g/mol. The number of rotatable bonds is 4. The molecule has 1 aliphatic rings. The Hall–Kier alpha value is -2.34. The molecule has 26 heavy (non-hydrogen) atoms. The van der Waals surface area contributed by atoms with Gasteiger partial charge in [0.15, 0.2) is 0 Å². The number of amides is 2. The van der Waals surface area contributed by atoms with Gasteiger partial charge in [-0.25, -0.2) is 14.8 Å². The van der Waals surface area contributed by atoms with E-state index in [0.717, 1.165) is 23.7 Å². The molecule has 0 unspecified atom stereocenters. The monoisotopic (exact) mass is 373 g/mol. The molecule has 3 rings (SSSR count). The number of nitrogens with one attached hydrogen (secondary N) is 1. The van der Waals surface area contributed by atoms with E-state index in [1.807, 2.05) is 29.2 Å². The fraction of sp³-hybridized carbons (Fsp3) is 0.421. The van der Waals surface area contributed by atoms with Crippen LogP contribution in [0.5, 0.6) is 0 Å². The Bertz CT molecular complexity index is 745. The summed E-state index contributed by atoms with van der Waals surface area (Å²) in [5, 5.41) is 3.78. The molecule has 1 saturated heterocycles. The highest BCUT2D eigenvalue weighted by Crippen LogP contribution is 2.29. The Morgan fingerprint density at radius 3 is 2.42 bits per heavy atom. The molecule has 1 aromatic carbocycles. The summed E-state index contributed by atoms with van der Waals surface area (Å²) >= 11 is 6.31. The lowest BCUT2D eigenvalue weighted by atomic mass is 9.84. The molecule has 0 aliphatic carbocycles. The van der Waals surface area contributed by atoms with Crippen LogP contribution in [0.2, 0.25) is 5.02 Å². The molecule has 6 nitrogen and oxygen atoms in total. The molecule has 0 bridgehead atoms. The molecule has 0 atom stereocenters. The molecule has 1 N–H and O–H groups in total. The zero-order chi connectivity index (χ0) is 18.6. The number of nitrogens with zero attached hydrogens (tertiary/aromatic N) is 4. The van der Waals surface area contributed by atoms with Gasteiger partial charge in [0.1, 0.15) is 0 Å². The highest BCUT2D eigenvalue weighted by molar-refractivity contribution is 6.31. The second kappa shape index (κ2) is 7.91. The maximum absolute atomic E-state index is 12.5. The number of anilines is 1. The fourth-order valence-electron chi connectivity index (χ4n) is 3.08. The first-order valence-corrected chi connectivity index (χ1v) is 9.15. The van der Waals surface area contributed by atoms with Gasteiger partial charge in [-0.05, 0) is 17.7 Å². The Labute approximate surface area is 159 Å². The van der Waals surface area contributed by atoms with Gasteiger partial charge in [-0.15, -0.1) is 0 Å². The van der Waals surface area contributed by atoms with Crippen LogP contribution in [0, 0.1) is 0 Å². The maximum Gasteiger partial charge on any atom is 0.317 e. The molecule has 2 aromatic rings. The molecule has 7 heteroatoms. The number of benzene rings is 1. The summed E-state index contributed by atoms with van der Waals surface area (Å²) in [7, 11) is 0. The first-order valence-electron chi connectivity index (χ1n) is 8.77. The van der Waals surface area contributed by atoms with Crippen molar-refractivity contribution in [1.82, 2.24) is 20.2 Å². The van der Waals surface area contributed by atoms with Gasteiger partial charge >= 0.3 is 6.03 Å². The van der Waals surface area contributed by atoms with Crippen LogP contribution in [-0.4, -0.2) is 53.6 Å². The summed E-state index contributed by atoms with van der Waals surface area (Å²) in [5.74, 6) is 0.715. The summed E-state index contributed by atoms with van der Waals surface area (Å²) in [6.07, 6.45) is 3.47. The fourth-order valence-corrected chi connectivity index (χ4v) is 3.47. The lowest BCUT2D eigenvalue weighted by Crippen LogP contribution is -2.53.